The van der Waals surface area contributed by atoms with Gasteiger partial charge < -0.3 is 25.2 Å². The van der Waals surface area contributed by atoms with Gasteiger partial charge in [0.15, 0.2) is 0 Å². The number of piperazine rings is 1. The first-order chi connectivity index (χ1) is 17.6. The Morgan fingerprint density at radius 1 is 1.06 bits per heavy atom. The third-order valence-corrected chi connectivity index (χ3v) is 6.11. The van der Waals surface area contributed by atoms with Gasteiger partial charge in [-0.2, -0.15) is 0 Å². The average Bonchev–Trinajstić information content (AvgIpc) is 2.89. The van der Waals surface area contributed by atoms with E-state index in [1.165, 1.54) is 11.8 Å². The number of halogens is 1. The van der Waals surface area contributed by atoms with Gasteiger partial charge in [-0.15, -0.1) is 0 Å². The molecule has 36 heavy (non-hydrogen) atoms. The maximum absolute atomic E-state index is 15.1. The molecule has 0 amide bonds. The van der Waals surface area contributed by atoms with Crippen LogP contribution in [0.4, 0.5) is 21.7 Å². The molecule has 0 aliphatic carbocycles. The van der Waals surface area contributed by atoms with Gasteiger partial charge in [-0.1, -0.05) is 0 Å². The predicted molar refractivity (Wildman–Crippen MR) is 142 cm³/mol. The van der Waals surface area contributed by atoms with Crippen LogP contribution in [0.3, 0.4) is 0 Å². The third-order valence-electron chi connectivity index (χ3n) is 6.11. The Balaban J connectivity index is 1.37. The molecule has 4 aromatic rings. The molecule has 0 bridgehead atoms. The second kappa shape index (κ2) is 10.8. The van der Waals surface area contributed by atoms with Gasteiger partial charge >= 0.3 is 0 Å². The van der Waals surface area contributed by atoms with Gasteiger partial charge in [0, 0.05) is 73.5 Å². The summed E-state index contributed by atoms with van der Waals surface area (Å²) in [4.78, 5) is 18.0. The van der Waals surface area contributed by atoms with Gasteiger partial charge in [-0.3, -0.25) is 4.98 Å². The Labute approximate surface area is 210 Å². The molecule has 2 aromatic carbocycles. The summed E-state index contributed by atoms with van der Waals surface area (Å²) in [6.45, 7) is 5.21. The van der Waals surface area contributed by atoms with Crippen LogP contribution in [0, 0.1) is 5.82 Å². The molecule has 186 valence electrons. The molecule has 8 nitrogen and oxygen atoms in total. The zero-order chi connectivity index (χ0) is 24.9. The molecule has 1 fully saturated rings. The highest BCUT2D eigenvalue weighted by Gasteiger charge is 2.15. The van der Waals surface area contributed by atoms with Crippen LogP contribution in [0.25, 0.3) is 22.2 Å². The van der Waals surface area contributed by atoms with Crippen molar-refractivity contribution in [3.8, 4) is 17.0 Å². The monoisotopic (exact) mass is 487 g/mol. The van der Waals surface area contributed by atoms with Crippen LogP contribution in [0.1, 0.15) is 0 Å². The molecule has 1 aliphatic rings. The molecule has 0 spiro atoms. The van der Waals surface area contributed by atoms with E-state index in [1.807, 2.05) is 37.2 Å². The lowest BCUT2D eigenvalue weighted by Gasteiger charge is -2.29. The fraction of sp³-hybridized carbons (Fsp3) is 0.296. The molecule has 0 saturated carbocycles. The van der Waals surface area contributed by atoms with Crippen LogP contribution < -0.4 is 20.3 Å². The zero-order valence-corrected chi connectivity index (χ0v) is 20.5. The van der Waals surface area contributed by atoms with E-state index < -0.39 is 5.82 Å². The first kappa shape index (κ1) is 23.9. The van der Waals surface area contributed by atoms with Crippen molar-refractivity contribution in [1.82, 2.24) is 25.2 Å². The van der Waals surface area contributed by atoms with Crippen LogP contribution in [-0.4, -0.2) is 73.3 Å². The lowest BCUT2D eigenvalue weighted by atomic mass is 10.1. The van der Waals surface area contributed by atoms with Crippen LogP contribution >= 0.6 is 0 Å². The summed E-state index contributed by atoms with van der Waals surface area (Å²) in [5.41, 5.74) is 3.48. The third kappa shape index (κ3) is 5.53. The second-order valence-electron chi connectivity index (χ2n) is 8.99. The minimum Gasteiger partial charge on any atom is -0.492 e. The van der Waals surface area contributed by atoms with Gasteiger partial charge in [0.05, 0.1) is 5.69 Å². The number of aromatic nitrogens is 3. The van der Waals surface area contributed by atoms with Crippen molar-refractivity contribution in [3.63, 3.8) is 0 Å². The summed E-state index contributed by atoms with van der Waals surface area (Å²) in [6.07, 6.45) is 3.37. The van der Waals surface area contributed by atoms with Gasteiger partial charge in [0.25, 0.3) is 0 Å². The Hall–Kier alpha value is -3.82. The van der Waals surface area contributed by atoms with Gasteiger partial charge in [0.2, 0.25) is 5.95 Å². The Morgan fingerprint density at radius 3 is 2.61 bits per heavy atom. The number of fused-ring (bicyclic) bond motifs is 1. The normalized spacial score (nSPS) is 13.8. The Bertz CT molecular complexity index is 1320. The summed E-state index contributed by atoms with van der Waals surface area (Å²) < 4.78 is 20.8. The number of nitrogens with zero attached hydrogens (tertiary/aromatic N) is 5. The number of pyridine rings is 1. The van der Waals surface area contributed by atoms with E-state index in [0.717, 1.165) is 43.8 Å². The number of nitrogens with one attached hydrogen (secondary N) is 2. The first-order valence-corrected chi connectivity index (χ1v) is 12.1. The van der Waals surface area contributed by atoms with Crippen molar-refractivity contribution >= 4 is 28.2 Å². The topological polar surface area (TPSA) is 78.4 Å². The van der Waals surface area contributed by atoms with Crippen molar-refractivity contribution in [3.05, 3.63) is 66.7 Å². The summed E-state index contributed by atoms with van der Waals surface area (Å²) in [5.74, 6) is 0.504. The fourth-order valence-corrected chi connectivity index (χ4v) is 4.14. The number of ether oxygens (including phenoxy) is 1. The summed E-state index contributed by atoms with van der Waals surface area (Å²) >= 11 is 0. The molecule has 9 heteroatoms. The minimum absolute atomic E-state index is 0.366. The quantitative estimate of drug-likeness (QED) is 0.387. The van der Waals surface area contributed by atoms with Gasteiger partial charge in [-0.25, -0.2) is 14.4 Å². The Kier molecular flexibility index (Phi) is 7.20. The molecular weight excluding hydrogens is 457 g/mol. The van der Waals surface area contributed by atoms with Crippen molar-refractivity contribution in [2.75, 3.05) is 63.6 Å². The molecule has 2 aromatic heterocycles. The van der Waals surface area contributed by atoms with E-state index in [9.17, 15) is 0 Å². The molecule has 0 unspecified atom stereocenters. The molecule has 0 atom stereocenters. The van der Waals surface area contributed by atoms with Crippen molar-refractivity contribution in [2.45, 2.75) is 0 Å². The average molecular weight is 488 g/mol. The molecule has 1 saturated heterocycles. The van der Waals surface area contributed by atoms with Crippen LogP contribution in [0.5, 0.6) is 5.75 Å². The summed E-state index contributed by atoms with van der Waals surface area (Å²) in [6, 6.07) is 14.9. The highest BCUT2D eigenvalue weighted by atomic mass is 19.1. The summed E-state index contributed by atoms with van der Waals surface area (Å²) in [5, 5.41) is 7.42. The largest absolute Gasteiger partial charge is 0.492 e. The number of likely N-dealkylation sites (N-methyl/N-ethyl adjacent to an activating group) is 1. The lowest BCUT2D eigenvalue weighted by molar-refractivity contribution is 0.260. The smallest absolute Gasteiger partial charge is 0.227 e. The molecule has 1 aliphatic heterocycles. The fourth-order valence-electron chi connectivity index (χ4n) is 4.14. The van der Waals surface area contributed by atoms with Crippen LogP contribution in [-0.2, 0) is 0 Å². The van der Waals surface area contributed by atoms with E-state index in [0.29, 0.717) is 35.1 Å². The van der Waals surface area contributed by atoms with E-state index in [-0.39, 0.29) is 0 Å². The molecule has 3 heterocycles. The van der Waals surface area contributed by atoms with Gasteiger partial charge in [0.1, 0.15) is 23.7 Å². The van der Waals surface area contributed by atoms with Crippen LogP contribution in [0.2, 0.25) is 0 Å². The highest BCUT2D eigenvalue weighted by molar-refractivity contribution is 5.91. The summed E-state index contributed by atoms with van der Waals surface area (Å²) in [7, 11) is 3.93. The number of hydrogen-bond donors (Lipinski definition) is 2. The second-order valence-corrected chi connectivity index (χ2v) is 8.99. The first-order valence-electron chi connectivity index (χ1n) is 12.1. The van der Waals surface area contributed by atoms with Crippen molar-refractivity contribution in [1.29, 1.82) is 0 Å². The predicted octanol–water partition coefficient (Wildman–Crippen LogP) is 3.92. The van der Waals surface area contributed by atoms with Crippen molar-refractivity contribution in [2.24, 2.45) is 0 Å². The number of anilines is 3. The lowest BCUT2D eigenvalue weighted by Crippen LogP contribution is -2.43. The Morgan fingerprint density at radius 2 is 1.86 bits per heavy atom. The molecular formula is C27H30FN7O. The molecule has 2 N–H and O–H groups in total. The number of rotatable bonds is 8. The van der Waals surface area contributed by atoms with E-state index >= 15 is 4.39 Å². The van der Waals surface area contributed by atoms with Crippen molar-refractivity contribution < 1.29 is 9.13 Å². The molecule has 5 rings (SSSR count). The number of benzene rings is 2. The SMILES string of the molecule is CN(C)CCOc1ccc(-c2nccc3cnc(Nc4ccc(N5CCNCC5)cc4)nc23)c(F)c1. The van der Waals surface area contributed by atoms with Gasteiger partial charge in [-0.05, 0) is 56.6 Å². The maximum atomic E-state index is 15.1. The highest BCUT2D eigenvalue weighted by Crippen LogP contribution is 2.30. The van der Waals surface area contributed by atoms with E-state index in [4.69, 9.17) is 4.74 Å². The van der Waals surface area contributed by atoms with Crippen LogP contribution in [0.15, 0.2) is 60.9 Å². The maximum Gasteiger partial charge on any atom is 0.227 e. The number of hydrogen-bond acceptors (Lipinski definition) is 8. The standard InChI is InChI=1S/C27H30FN7O/c1-34(2)15-16-36-22-7-8-23(24(28)17-22)26-25-19(9-10-30-26)18-31-27(33-25)32-20-3-5-21(6-4-20)35-13-11-29-12-14-35/h3-10,17-18,29H,11-16H2,1-2H3,(H,31,32,33). The molecule has 0 radical (unpaired) electrons. The van der Waals surface area contributed by atoms with E-state index in [2.05, 4.69) is 42.6 Å². The minimum atomic E-state index is -0.408. The zero-order valence-electron chi connectivity index (χ0n) is 20.5. The van der Waals surface area contributed by atoms with E-state index in [1.54, 1.807) is 24.5 Å².